The zero-order chi connectivity index (χ0) is 19.8. The molecule has 0 saturated carbocycles. The molecule has 6 nitrogen and oxygen atoms in total. The van der Waals surface area contributed by atoms with Crippen molar-refractivity contribution in [3.63, 3.8) is 0 Å². The van der Waals surface area contributed by atoms with E-state index in [1.54, 1.807) is 22.8 Å². The maximum absolute atomic E-state index is 15.2. The third kappa shape index (κ3) is 3.59. The third-order valence-electron chi connectivity index (χ3n) is 4.70. The second kappa shape index (κ2) is 7.69. The maximum Gasteiger partial charge on any atom is 0.338 e. The van der Waals surface area contributed by atoms with Gasteiger partial charge in [-0.25, -0.2) is 14.2 Å². The molecule has 28 heavy (non-hydrogen) atoms. The number of hydrogen-bond acceptors (Lipinski definition) is 4. The summed E-state index contributed by atoms with van der Waals surface area (Å²) in [4.78, 5) is 16.0. The van der Waals surface area contributed by atoms with Gasteiger partial charge in [-0.1, -0.05) is 27.5 Å². The normalized spacial score (nSPS) is 16.6. The Balaban J connectivity index is 1.78. The summed E-state index contributed by atoms with van der Waals surface area (Å²) in [5, 5.41) is 12.8. The molecule has 1 aromatic heterocycles. The smallest absolute Gasteiger partial charge is 0.338 e. The number of benzene rings is 2. The van der Waals surface area contributed by atoms with Gasteiger partial charge in [-0.3, -0.25) is 0 Å². The van der Waals surface area contributed by atoms with E-state index < -0.39 is 11.8 Å². The molecular formula is C19H16BrClFN3O3. The number of fused-ring (bicyclic) bond motifs is 1. The molecule has 4 rings (SSSR count). The van der Waals surface area contributed by atoms with E-state index in [0.29, 0.717) is 29.4 Å². The number of carboxylic acids is 1. The number of imidazole rings is 1. The van der Waals surface area contributed by atoms with Crippen molar-refractivity contribution >= 4 is 55.9 Å². The number of carboxylic acid groups (broad SMARTS) is 1. The molecule has 2 N–H and O–H groups in total. The predicted octanol–water partition coefficient (Wildman–Crippen LogP) is 5.21. The van der Waals surface area contributed by atoms with Gasteiger partial charge in [0.15, 0.2) is 5.82 Å². The van der Waals surface area contributed by atoms with Crippen molar-refractivity contribution in [1.29, 1.82) is 0 Å². The number of hydrogen-bond donors (Lipinski definition) is 2. The summed E-state index contributed by atoms with van der Waals surface area (Å²) in [5.74, 6) is -1.98. The number of rotatable bonds is 5. The van der Waals surface area contributed by atoms with Crippen LogP contribution < -0.4 is 5.32 Å². The molecule has 1 fully saturated rings. The molecule has 2 aromatic carbocycles. The number of nitrogens with zero attached hydrogens (tertiary/aromatic N) is 2. The molecule has 1 unspecified atom stereocenters. The fourth-order valence-corrected chi connectivity index (χ4v) is 4.05. The fraction of sp³-hybridized carbons (Fsp3) is 0.263. The Hall–Kier alpha value is -2.16. The highest BCUT2D eigenvalue weighted by molar-refractivity contribution is 9.10. The van der Waals surface area contributed by atoms with Crippen LogP contribution in [0.2, 0.25) is 5.02 Å². The van der Waals surface area contributed by atoms with Crippen LogP contribution in [0.5, 0.6) is 0 Å². The summed E-state index contributed by atoms with van der Waals surface area (Å²) in [6.45, 7) is 1.20. The van der Waals surface area contributed by atoms with Gasteiger partial charge in [-0.15, -0.1) is 0 Å². The van der Waals surface area contributed by atoms with E-state index in [1.165, 1.54) is 12.4 Å². The lowest BCUT2D eigenvalue weighted by Gasteiger charge is -2.15. The summed E-state index contributed by atoms with van der Waals surface area (Å²) in [6, 6.07) is 6.42. The largest absolute Gasteiger partial charge is 0.478 e. The molecular weight excluding hydrogens is 453 g/mol. The molecule has 146 valence electrons. The quantitative estimate of drug-likeness (QED) is 0.537. The van der Waals surface area contributed by atoms with E-state index in [4.69, 9.17) is 16.3 Å². The van der Waals surface area contributed by atoms with Crippen molar-refractivity contribution in [2.75, 3.05) is 11.9 Å². The van der Waals surface area contributed by atoms with Crippen molar-refractivity contribution in [3.8, 4) is 0 Å². The van der Waals surface area contributed by atoms with Crippen LogP contribution in [0.15, 0.2) is 35.1 Å². The predicted molar refractivity (Wildman–Crippen MR) is 108 cm³/mol. The molecule has 1 saturated heterocycles. The van der Waals surface area contributed by atoms with Gasteiger partial charge in [0, 0.05) is 11.1 Å². The van der Waals surface area contributed by atoms with Crippen LogP contribution in [0.1, 0.15) is 23.2 Å². The van der Waals surface area contributed by atoms with Crippen molar-refractivity contribution < 1.29 is 19.0 Å². The number of aromatic nitrogens is 2. The van der Waals surface area contributed by atoms with E-state index in [-0.39, 0.29) is 22.9 Å². The zero-order valence-corrected chi connectivity index (χ0v) is 16.9. The van der Waals surface area contributed by atoms with Crippen LogP contribution in [-0.2, 0) is 11.3 Å². The monoisotopic (exact) mass is 467 g/mol. The molecule has 0 radical (unpaired) electrons. The number of aromatic carboxylic acids is 1. The summed E-state index contributed by atoms with van der Waals surface area (Å²) >= 11 is 9.49. The number of ether oxygens (including phenoxy) is 1. The number of nitrogens with one attached hydrogen (secondary N) is 1. The van der Waals surface area contributed by atoms with Gasteiger partial charge in [-0.2, -0.15) is 0 Å². The molecule has 1 aliphatic heterocycles. The van der Waals surface area contributed by atoms with E-state index >= 15 is 4.39 Å². The minimum absolute atomic E-state index is 0.0214. The van der Waals surface area contributed by atoms with Crippen molar-refractivity contribution in [2.24, 2.45) is 0 Å². The average Bonchev–Trinajstić information content (AvgIpc) is 3.29. The van der Waals surface area contributed by atoms with Crippen LogP contribution in [0.4, 0.5) is 15.8 Å². The number of halogens is 3. The Morgan fingerprint density at radius 1 is 1.46 bits per heavy atom. The highest BCUT2D eigenvalue weighted by Crippen LogP contribution is 2.34. The molecule has 1 atom stereocenters. The van der Waals surface area contributed by atoms with Crippen LogP contribution in [0.25, 0.3) is 11.0 Å². The summed E-state index contributed by atoms with van der Waals surface area (Å²) in [7, 11) is 0. The first-order valence-corrected chi connectivity index (χ1v) is 9.85. The van der Waals surface area contributed by atoms with Crippen molar-refractivity contribution in [2.45, 2.75) is 25.5 Å². The Labute approximate surface area is 173 Å². The third-order valence-corrected chi connectivity index (χ3v) is 5.51. The van der Waals surface area contributed by atoms with E-state index in [9.17, 15) is 9.90 Å². The summed E-state index contributed by atoms with van der Waals surface area (Å²) in [5.41, 5.74) is 0.533. The topological polar surface area (TPSA) is 76.4 Å². The molecule has 0 bridgehead atoms. The van der Waals surface area contributed by atoms with Crippen LogP contribution >= 0.6 is 27.5 Å². The average molecular weight is 469 g/mol. The Kier molecular flexibility index (Phi) is 5.27. The number of carbonyl (C=O) groups is 1. The first-order valence-electron chi connectivity index (χ1n) is 8.68. The lowest BCUT2D eigenvalue weighted by atomic mass is 10.1. The first kappa shape index (κ1) is 19.2. The molecule has 1 aliphatic rings. The minimum Gasteiger partial charge on any atom is -0.478 e. The van der Waals surface area contributed by atoms with Gasteiger partial charge in [0.2, 0.25) is 0 Å². The Morgan fingerprint density at radius 3 is 2.96 bits per heavy atom. The first-order chi connectivity index (χ1) is 13.4. The second-order valence-electron chi connectivity index (χ2n) is 6.57. The molecule has 0 spiro atoms. The van der Waals surface area contributed by atoms with Crippen LogP contribution in [0, 0.1) is 5.82 Å². The summed E-state index contributed by atoms with van der Waals surface area (Å²) < 4.78 is 23.3. The highest BCUT2D eigenvalue weighted by atomic mass is 79.9. The van der Waals surface area contributed by atoms with Gasteiger partial charge in [0.05, 0.1) is 46.5 Å². The van der Waals surface area contributed by atoms with E-state index in [1.807, 2.05) is 0 Å². The second-order valence-corrected chi connectivity index (χ2v) is 7.89. The SMILES string of the molecule is O=C(O)c1cc2c(ncn2CC2CCCO2)c(F)c1Nc1ccc(Br)cc1Cl. The van der Waals surface area contributed by atoms with Crippen LogP contribution in [-0.4, -0.2) is 33.3 Å². The lowest BCUT2D eigenvalue weighted by Crippen LogP contribution is -2.14. The molecule has 0 aliphatic carbocycles. The standard InChI is InChI=1S/C19H16BrClFN3O3/c20-10-3-4-14(13(21)6-10)24-17-12(19(26)27)7-15-18(16(17)22)23-9-25(15)8-11-2-1-5-28-11/h3-4,6-7,9,11,24H,1-2,5,8H2,(H,26,27). The molecule has 9 heteroatoms. The van der Waals surface area contributed by atoms with Gasteiger partial charge >= 0.3 is 5.97 Å². The van der Waals surface area contributed by atoms with E-state index in [2.05, 4.69) is 26.2 Å². The van der Waals surface area contributed by atoms with Gasteiger partial charge in [0.25, 0.3) is 0 Å². The highest BCUT2D eigenvalue weighted by Gasteiger charge is 2.23. The van der Waals surface area contributed by atoms with E-state index in [0.717, 1.165) is 17.3 Å². The summed E-state index contributed by atoms with van der Waals surface area (Å²) in [6.07, 6.45) is 3.43. The number of anilines is 2. The minimum atomic E-state index is -1.25. The molecule has 0 amide bonds. The lowest BCUT2D eigenvalue weighted by molar-refractivity contribution is 0.0697. The van der Waals surface area contributed by atoms with Crippen molar-refractivity contribution in [3.05, 3.63) is 51.5 Å². The van der Waals surface area contributed by atoms with Gasteiger partial charge < -0.3 is 19.7 Å². The van der Waals surface area contributed by atoms with Crippen LogP contribution in [0.3, 0.4) is 0 Å². The van der Waals surface area contributed by atoms with Gasteiger partial charge in [0.1, 0.15) is 5.52 Å². The van der Waals surface area contributed by atoms with Gasteiger partial charge in [-0.05, 0) is 37.1 Å². The zero-order valence-electron chi connectivity index (χ0n) is 14.6. The molecule has 2 heterocycles. The molecule has 3 aromatic rings. The fourth-order valence-electron chi connectivity index (χ4n) is 3.33. The maximum atomic E-state index is 15.2. The Bertz CT molecular complexity index is 1070. The van der Waals surface area contributed by atoms with Crippen molar-refractivity contribution in [1.82, 2.24) is 9.55 Å². The Morgan fingerprint density at radius 2 is 2.29 bits per heavy atom.